The van der Waals surface area contributed by atoms with Crippen molar-refractivity contribution in [1.82, 2.24) is 19.7 Å². The molecule has 27 heavy (non-hydrogen) atoms. The average Bonchev–Trinajstić information content (AvgIpc) is 2.96. The molecule has 0 radical (unpaired) electrons. The molecule has 6 nitrogen and oxygen atoms in total. The van der Waals surface area contributed by atoms with Crippen molar-refractivity contribution in [3.05, 3.63) is 72.2 Å². The van der Waals surface area contributed by atoms with E-state index in [1.54, 1.807) is 29.2 Å². The summed E-state index contributed by atoms with van der Waals surface area (Å²) in [6, 6.07) is 15.3. The number of nitrogens with one attached hydrogen (secondary N) is 1. The Morgan fingerprint density at radius 3 is 2.74 bits per heavy atom. The molecule has 1 amide bonds. The number of hydrogen-bond acceptors (Lipinski definition) is 5. The first kappa shape index (κ1) is 17.2. The molecule has 0 saturated carbocycles. The van der Waals surface area contributed by atoms with Gasteiger partial charge in [-0.15, -0.1) is 0 Å². The third kappa shape index (κ3) is 3.54. The standard InChI is InChI=1S/C20H17N5OS/c1-13-17-11-14(12-22-18(17)25(2)24-13)23-19(26)16-9-6-10-21-20(16)27-15-7-4-3-5-8-15/h3-12H,1-2H3,(H,23,26). The van der Waals surface area contributed by atoms with Crippen LogP contribution in [0.3, 0.4) is 0 Å². The zero-order valence-corrected chi connectivity index (χ0v) is 15.7. The summed E-state index contributed by atoms with van der Waals surface area (Å²) in [6.45, 7) is 1.92. The van der Waals surface area contributed by atoms with Gasteiger partial charge in [0.1, 0.15) is 5.03 Å². The average molecular weight is 375 g/mol. The number of nitrogens with zero attached hydrogens (tertiary/aromatic N) is 4. The Morgan fingerprint density at radius 2 is 1.93 bits per heavy atom. The van der Waals surface area contributed by atoms with E-state index in [0.29, 0.717) is 16.3 Å². The van der Waals surface area contributed by atoms with Gasteiger partial charge in [0.2, 0.25) is 0 Å². The maximum Gasteiger partial charge on any atom is 0.258 e. The molecular weight excluding hydrogens is 358 g/mol. The van der Waals surface area contributed by atoms with E-state index in [0.717, 1.165) is 21.6 Å². The monoisotopic (exact) mass is 375 g/mol. The Bertz CT molecular complexity index is 1120. The van der Waals surface area contributed by atoms with Gasteiger partial charge in [-0.2, -0.15) is 5.10 Å². The summed E-state index contributed by atoms with van der Waals surface area (Å²) in [5.74, 6) is -0.218. The van der Waals surface area contributed by atoms with Gasteiger partial charge < -0.3 is 5.32 Å². The van der Waals surface area contributed by atoms with E-state index < -0.39 is 0 Å². The molecule has 0 fully saturated rings. The number of rotatable bonds is 4. The van der Waals surface area contributed by atoms with Crippen molar-refractivity contribution >= 4 is 34.4 Å². The van der Waals surface area contributed by atoms with Crippen LogP contribution in [-0.2, 0) is 7.05 Å². The fourth-order valence-corrected chi connectivity index (χ4v) is 3.72. The highest BCUT2D eigenvalue weighted by Crippen LogP contribution is 2.29. The van der Waals surface area contributed by atoms with Gasteiger partial charge in [0.25, 0.3) is 5.91 Å². The number of carbonyl (C=O) groups excluding carboxylic acids is 1. The summed E-state index contributed by atoms with van der Waals surface area (Å²) < 4.78 is 1.73. The van der Waals surface area contributed by atoms with E-state index in [2.05, 4.69) is 20.4 Å². The highest BCUT2D eigenvalue weighted by molar-refractivity contribution is 7.99. The van der Waals surface area contributed by atoms with Gasteiger partial charge in [-0.25, -0.2) is 9.97 Å². The molecule has 0 spiro atoms. The number of aromatic nitrogens is 4. The fraction of sp³-hybridized carbons (Fsp3) is 0.100. The van der Waals surface area contributed by atoms with Crippen molar-refractivity contribution < 1.29 is 4.79 Å². The minimum Gasteiger partial charge on any atom is -0.320 e. The number of fused-ring (bicyclic) bond motifs is 1. The van der Waals surface area contributed by atoms with E-state index in [4.69, 9.17) is 0 Å². The second-order valence-electron chi connectivity index (χ2n) is 6.03. The smallest absolute Gasteiger partial charge is 0.258 e. The second kappa shape index (κ2) is 7.20. The van der Waals surface area contributed by atoms with Gasteiger partial charge in [-0.3, -0.25) is 9.48 Å². The normalized spacial score (nSPS) is 10.9. The summed E-state index contributed by atoms with van der Waals surface area (Å²) in [7, 11) is 1.85. The number of amides is 1. The number of aryl methyl sites for hydroxylation is 2. The highest BCUT2D eigenvalue weighted by Gasteiger charge is 2.15. The Kier molecular flexibility index (Phi) is 4.60. The molecule has 0 saturated heterocycles. The molecule has 0 aliphatic heterocycles. The largest absolute Gasteiger partial charge is 0.320 e. The number of benzene rings is 1. The summed E-state index contributed by atoms with van der Waals surface area (Å²) in [4.78, 5) is 22.6. The first-order valence-electron chi connectivity index (χ1n) is 8.40. The van der Waals surface area contributed by atoms with E-state index in [-0.39, 0.29) is 5.91 Å². The molecule has 1 N–H and O–H groups in total. The third-order valence-corrected chi connectivity index (χ3v) is 5.12. The predicted molar refractivity (Wildman–Crippen MR) is 106 cm³/mol. The van der Waals surface area contributed by atoms with Gasteiger partial charge in [0, 0.05) is 23.5 Å². The van der Waals surface area contributed by atoms with Crippen LogP contribution < -0.4 is 5.32 Å². The molecule has 4 aromatic rings. The Balaban J connectivity index is 1.61. The maximum atomic E-state index is 12.8. The predicted octanol–water partition coefficient (Wildman–Crippen LogP) is 4.08. The van der Waals surface area contributed by atoms with Gasteiger partial charge in [0.15, 0.2) is 5.65 Å². The van der Waals surface area contributed by atoms with Crippen LogP contribution in [0.4, 0.5) is 5.69 Å². The summed E-state index contributed by atoms with van der Waals surface area (Å²) >= 11 is 1.46. The van der Waals surface area contributed by atoms with Crippen LogP contribution in [0.15, 0.2) is 70.8 Å². The lowest BCUT2D eigenvalue weighted by Gasteiger charge is -2.09. The second-order valence-corrected chi connectivity index (χ2v) is 7.09. The van der Waals surface area contributed by atoms with Crippen molar-refractivity contribution in [2.45, 2.75) is 16.8 Å². The molecule has 0 bridgehead atoms. The number of pyridine rings is 2. The number of carbonyl (C=O) groups is 1. The molecule has 3 aromatic heterocycles. The van der Waals surface area contributed by atoms with E-state index in [9.17, 15) is 4.79 Å². The molecule has 0 atom stereocenters. The number of anilines is 1. The summed E-state index contributed by atoms with van der Waals surface area (Å²) in [6.07, 6.45) is 3.33. The minimum atomic E-state index is -0.218. The first-order chi connectivity index (χ1) is 13.1. The molecule has 134 valence electrons. The van der Waals surface area contributed by atoms with E-state index >= 15 is 0 Å². The fourth-order valence-electron chi connectivity index (χ4n) is 2.82. The molecule has 0 aliphatic carbocycles. The summed E-state index contributed by atoms with van der Waals surface area (Å²) in [5, 5.41) is 8.86. The Hall–Kier alpha value is -3.19. The lowest BCUT2D eigenvalue weighted by Crippen LogP contribution is -2.13. The minimum absolute atomic E-state index is 0.218. The van der Waals surface area contributed by atoms with Crippen molar-refractivity contribution in [1.29, 1.82) is 0 Å². The molecule has 0 aliphatic rings. The lowest BCUT2D eigenvalue weighted by atomic mass is 10.2. The van der Waals surface area contributed by atoms with Crippen molar-refractivity contribution in [3.8, 4) is 0 Å². The van der Waals surface area contributed by atoms with Gasteiger partial charge >= 0.3 is 0 Å². The topological polar surface area (TPSA) is 72.7 Å². The van der Waals surface area contributed by atoms with Crippen LogP contribution in [0.25, 0.3) is 11.0 Å². The van der Waals surface area contributed by atoms with Gasteiger partial charge in [-0.1, -0.05) is 30.0 Å². The Morgan fingerprint density at radius 1 is 1.11 bits per heavy atom. The van der Waals surface area contributed by atoms with Crippen molar-refractivity contribution in [2.75, 3.05) is 5.32 Å². The lowest BCUT2D eigenvalue weighted by molar-refractivity contribution is 0.102. The molecular formula is C20H17N5OS. The zero-order chi connectivity index (χ0) is 18.8. The molecule has 1 aromatic carbocycles. The summed E-state index contributed by atoms with van der Waals surface area (Å²) in [5.41, 5.74) is 2.81. The van der Waals surface area contributed by atoms with Gasteiger partial charge in [-0.05, 0) is 37.3 Å². The number of hydrogen-bond donors (Lipinski definition) is 1. The van der Waals surface area contributed by atoms with Crippen molar-refractivity contribution in [3.63, 3.8) is 0 Å². The van der Waals surface area contributed by atoms with Crippen LogP contribution in [0.2, 0.25) is 0 Å². The van der Waals surface area contributed by atoms with Crippen LogP contribution in [-0.4, -0.2) is 25.7 Å². The van der Waals surface area contributed by atoms with Crippen LogP contribution in [0.5, 0.6) is 0 Å². The van der Waals surface area contributed by atoms with Crippen LogP contribution in [0, 0.1) is 6.92 Å². The quantitative estimate of drug-likeness (QED) is 0.582. The Labute approximate surface area is 160 Å². The van der Waals surface area contributed by atoms with E-state index in [1.807, 2.05) is 50.4 Å². The maximum absolute atomic E-state index is 12.8. The third-order valence-electron chi connectivity index (χ3n) is 4.09. The van der Waals surface area contributed by atoms with E-state index in [1.165, 1.54) is 11.8 Å². The molecule has 4 rings (SSSR count). The molecule has 0 unspecified atom stereocenters. The highest BCUT2D eigenvalue weighted by atomic mass is 32.2. The molecule has 7 heteroatoms. The zero-order valence-electron chi connectivity index (χ0n) is 14.9. The SMILES string of the molecule is Cc1nn(C)c2ncc(NC(=O)c3cccnc3Sc3ccccc3)cc12. The molecule has 3 heterocycles. The first-order valence-corrected chi connectivity index (χ1v) is 9.22. The van der Waals surface area contributed by atoms with Crippen molar-refractivity contribution in [2.24, 2.45) is 7.05 Å². The van der Waals surface area contributed by atoms with Crippen LogP contribution in [0.1, 0.15) is 16.1 Å². The van der Waals surface area contributed by atoms with Crippen LogP contribution >= 0.6 is 11.8 Å². The van der Waals surface area contributed by atoms with Gasteiger partial charge in [0.05, 0.1) is 23.1 Å².